The third kappa shape index (κ3) is 2.64. The Morgan fingerprint density at radius 3 is 2.53 bits per heavy atom. The quantitative estimate of drug-likeness (QED) is 0.679. The first kappa shape index (κ1) is 12.4. The van der Waals surface area contributed by atoms with Crippen LogP contribution in [0.25, 0.3) is 0 Å². The lowest BCUT2D eigenvalue weighted by molar-refractivity contribution is 0.0857. The molecule has 84 valence electrons. The van der Waals surface area contributed by atoms with Crippen LogP contribution in [0.4, 0.5) is 8.78 Å². The topological polar surface area (TPSA) is 30.5 Å². The molecule has 1 N–H and O–H groups in total. The summed E-state index contributed by atoms with van der Waals surface area (Å²) in [5.41, 5.74) is 2.72. The molecular formula is C9H10BrF2NO2. The SMILES string of the molecule is CONCc1cc(Br)c(F)c(OC)c1F. The molecule has 1 aromatic rings. The van der Waals surface area contributed by atoms with Gasteiger partial charge in [0.05, 0.1) is 18.7 Å². The molecule has 0 aliphatic carbocycles. The van der Waals surface area contributed by atoms with Gasteiger partial charge in [0, 0.05) is 12.1 Å². The van der Waals surface area contributed by atoms with E-state index in [1.807, 2.05) is 0 Å². The Morgan fingerprint density at radius 2 is 2.00 bits per heavy atom. The van der Waals surface area contributed by atoms with Gasteiger partial charge in [0.2, 0.25) is 0 Å². The average Bonchev–Trinajstić information content (AvgIpc) is 2.22. The smallest absolute Gasteiger partial charge is 0.191 e. The lowest BCUT2D eigenvalue weighted by Crippen LogP contribution is -2.13. The molecule has 0 fully saturated rings. The fourth-order valence-electron chi connectivity index (χ4n) is 1.09. The first-order valence-electron chi connectivity index (χ1n) is 4.08. The normalized spacial score (nSPS) is 10.5. The molecule has 0 aromatic heterocycles. The van der Waals surface area contributed by atoms with Crippen molar-refractivity contribution in [2.24, 2.45) is 0 Å². The molecule has 0 aliphatic rings. The Kier molecular flexibility index (Phi) is 4.44. The minimum absolute atomic E-state index is 0.123. The van der Waals surface area contributed by atoms with Gasteiger partial charge >= 0.3 is 0 Å². The summed E-state index contributed by atoms with van der Waals surface area (Å²) in [5.74, 6) is -1.89. The number of methoxy groups -OCH3 is 1. The molecule has 0 unspecified atom stereocenters. The predicted octanol–water partition coefficient (Wildman–Crippen LogP) is 2.39. The Morgan fingerprint density at radius 1 is 1.33 bits per heavy atom. The Balaban J connectivity index is 3.12. The molecule has 6 heteroatoms. The zero-order chi connectivity index (χ0) is 11.4. The summed E-state index contributed by atoms with van der Waals surface area (Å²) < 4.78 is 31.6. The third-order valence-electron chi connectivity index (χ3n) is 1.80. The summed E-state index contributed by atoms with van der Waals surface area (Å²) in [4.78, 5) is 4.58. The predicted molar refractivity (Wildman–Crippen MR) is 54.5 cm³/mol. The van der Waals surface area contributed by atoms with Crippen molar-refractivity contribution in [1.82, 2.24) is 5.48 Å². The second-order valence-electron chi connectivity index (χ2n) is 2.70. The zero-order valence-corrected chi connectivity index (χ0v) is 9.82. The highest BCUT2D eigenvalue weighted by Gasteiger charge is 2.17. The second kappa shape index (κ2) is 5.39. The van der Waals surface area contributed by atoms with E-state index in [2.05, 4.69) is 31.0 Å². The molecule has 0 amide bonds. The van der Waals surface area contributed by atoms with E-state index in [-0.39, 0.29) is 16.6 Å². The van der Waals surface area contributed by atoms with Crippen molar-refractivity contribution in [3.63, 3.8) is 0 Å². The first-order valence-corrected chi connectivity index (χ1v) is 4.87. The van der Waals surface area contributed by atoms with Gasteiger partial charge in [-0.2, -0.15) is 5.48 Å². The van der Waals surface area contributed by atoms with Crippen LogP contribution in [0.5, 0.6) is 5.75 Å². The fraction of sp³-hybridized carbons (Fsp3) is 0.333. The lowest BCUT2D eigenvalue weighted by Gasteiger charge is -2.10. The van der Waals surface area contributed by atoms with E-state index < -0.39 is 17.4 Å². The van der Waals surface area contributed by atoms with Gasteiger partial charge in [0.1, 0.15) is 0 Å². The second-order valence-corrected chi connectivity index (χ2v) is 3.56. The summed E-state index contributed by atoms with van der Waals surface area (Å²) in [6.45, 7) is 0.123. The Hall–Kier alpha value is -0.720. The van der Waals surface area contributed by atoms with Gasteiger partial charge in [-0.3, -0.25) is 0 Å². The Labute approximate surface area is 94.5 Å². The number of halogens is 3. The maximum absolute atomic E-state index is 13.6. The molecule has 0 saturated heterocycles. The number of hydrogen-bond donors (Lipinski definition) is 1. The average molecular weight is 282 g/mol. The van der Waals surface area contributed by atoms with Crippen LogP contribution in [-0.4, -0.2) is 14.2 Å². The highest BCUT2D eigenvalue weighted by atomic mass is 79.9. The summed E-state index contributed by atoms with van der Waals surface area (Å²) in [7, 11) is 2.62. The summed E-state index contributed by atoms with van der Waals surface area (Å²) in [6, 6.07) is 1.33. The van der Waals surface area contributed by atoms with Crippen molar-refractivity contribution in [3.05, 3.63) is 27.7 Å². The van der Waals surface area contributed by atoms with Gasteiger partial charge in [0.25, 0.3) is 0 Å². The van der Waals surface area contributed by atoms with E-state index in [9.17, 15) is 8.78 Å². The van der Waals surface area contributed by atoms with Crippen LogP contribution < -0.4 is 10.2 Å². The standard InChI is InChI=1S/C9H10BrF2NO2/c1-14-9-7(11)5(4-13-15-2)3-6(10)8(9)12/h3,13H,4H2,1-2H3. The molecule has 3 nitrogen and oxygen atoms in total. The van der Waals surface area contributed by atoms with Crippen LogP contribution >= 0.6 is 15.9 Å². The first-order chi connectivity index (χ1) is 7.11. The Bertz CT molecular complexity index is 360. The minimum Gasteiger partial charge on any atom is -0.491 e. The van der Waals surface area contributed by atoms with E-state index in [1.165, 1.54) is 20.3 Å². The van der Waals surface area contributed by atoms with Crippen molar-refractivity contribution in [2.45, 2.75) is 6.54 Å². The summed E-state index contributed by atoms with van der Waals surface area (Å²) >= 11 is 2.97. The van der Waals surface area contributed by atoms with Crippen LogP contribution in [0.3, 0.4) is 0 Å². The van der Waals surface area contributed by atoms with Gasteiger partial charge in [-0.1, -0.05) is 0 Å². The molecule has 0 aliphatic heterocycles. The molecule has 0 saturated carbocycles. The number of hydroxylamine groups is 1. The number of rotatable bonds is 4. The number of benzene rings is 1. The summed E-state index contributed by atoms with van der Waals surface area (Å²) in [5, 5.41) is 0. The van der Waals surface area contributed by atoms with Crippen molar-refractivity contribution in [2.75, 3.05) is 14.2 Å². The van der Waals surface area contributed by atoms with E-state index >= 15 is 0 Å². The lowest BCUT2D eigenvalue weighted by atomic mass is 10.2. The fourth-order valence-corrected chi connectivity index (χ4v) is 1.54. The number of hydrogen-bond acceptors (Lipinski definition) is 3. The van der Waals surface area contributed by atoms with Crippen LogP contribution in [0.15, 0.2) is 10.5 Å². The van der Waals surface area contributed by atoms with Crippen LogP contribution in [0, 0.1) is 11.6 Å². The molecule has 0 atom stereocenters. The number of nitrogens with one attached hydrogen (secondary N) is 1. The maximum Gasteiger partial charge on any atom is 0.191 e. The summed E-state index contributed by atoms with van der Waals surface area (Å²) in [6.07, 6.45) is 0. The third-order valence-corrected chi connectivity index (χ3v) is 2.38. The van der Waals surface area contributed by atoms with Gasteiger partial charge in [-0.25, -0.2) is 8.78 Å². The molecule has 1 aromatic carbocycles. The monoisotopic (exact) mass is 281 g/mol. The highest BCUT2D eigenvalue weighted by Crippen LogP contribution is 2.30. The van der Waals surface area contributed by atoms with Crippen molar-refractivity contribution in [1.29, 1.82) is 0 Å². The largest absolute Gasteiger partial charge is 0.491 e. The molecule has 15 heavy (non-hydrogen) atoms. The molecular weight excluding hydrogens is 272 g/mol. The zero-order valence-electron chi connectivity index (χ0n) is 8.23. The minimum atomic E-state index is -0.754. The van der Waals surface area contributed by atoms with E-state index in [4.69, 9.17) is 0 Å². The van der Waals surface area contributed by atoms with Crippen LogP contribution in [0.2, 0.25) is 0 Å². The molecule has 0 spiro atoms. The maximum atomic E-state index is 13.6. The molecule has 1 rings (SSSR count). The number of ether oxygens (including phenoxy) is 1. The van der Waals surface area contributed by atoms with E-state index in [1.54, 1.807) is 0 Å². The van der Waals surface area contributed by atoms with Gasteiger partial charge in [0.15, 0.2) is 17.4 Å². The van der Waals surface area contributed by atoms with Gasteiger partial charge in [-0.05, 0) is 22.0 Å². The van der Waals surface area contributed by atoms with Crippen molar-refractivity contribution < 1.29 is 18.4 Å². The molecule has 0 heterocycles. The van der Waals surface area contributed by atoms with Gasteiger partial charge in [-0.15, -0.1) is 0 Å². The van der Waals surface area contributed by atoms with Crippen molar-refractivity contribution in [3.8, 4) is 5.75 Å². The van der Waals surface area contributed by atoms with Crippen LogP contribution in [-0.2, 0) is 11.4 Å². The van der Waals surface area contributed by atoms with E-state index in [0.717, 1.165) is 0 Å². The van der Waals surface area contributed by atoms with Crippen LogP contribution in [0.1, 0.15) is 5.56 Å². The molecule has 0 radical (unpaired) electrons. The molecule has 0 bridgehead atoms. The highest BCUT2D eigenvalue weighted by molar-refractivity contribution is 9.10. The van der Waals surface area contributed by atoms with Crippen molar-refractivity contribution >= 4 is 15.9 Å². The van der Waals surface area contributed by atoms with E-state index in [0.29, 0.717) is 0 Å². The van der Waals surface area contributed by atoms with Gasteiger partial charge < -0.3 is 9.57 Å².